The molecular weight excluding hydrogens is 313 g/mol. The molecule has 0 aromatic rings. The molecule has 2 aliphatic rings. The molecule has 10 heteroatoms. The van der Waals surface area contributed by atoms with Gasteiger partial charge in [0.05, 0.1) is 12.9 Å². The fourth-order valence-electron chi connectivity index (χ4n) is 2.17. The third-order valence-electron chi connectivity index (χ3n) is 3.13. The summed E-state index contributed by atoms with van der Waals surface area (Å²) in [5, 5.41) is 9.94. The van der Waals surface area contributed by atoms with Gasteiger partial charge in [0, 0.05) is 5.70 Å². The van der Waals surface area contributed by atoms with Crippen LogP contribution in [0.2, 0.25) is 0 Å². The Balaban J connectivity index is 2.42. The number of fused-ring (bicyclic) bond motifs is 1. The number of aliphatic imine (C=N–C) groups is 1. The number of allylic oxidation sites excluding steroid dienone is 3. The van der Waals surface area contributed by atoms with Gasteiger partial charge in [-0.25, -0.2) is 4.99 Å². The fraction of sp³-hybridized carbons (Fsp3) is 0.545. The SMILES string of the molecule is CC1=CC=CC2=N[C@@](O)(C(F)(F)F)[C@H](COS(C)(=O)=O)N12. The molecule has 0 aromatic heterocycles. The quantitative estimate of drug-likeness (QED) is 0.775. The van der Waals surface area contributed by atoms with E-state index in [-0.39, 0.29) is 5.84 Å². The highest BCUT2D eigenvalue weighted by atomic mass is 32.2. The predicted octanol–water partition coefficient (Wildman–Crippen LogP) is 0.770. The minimum absolute atomic E-state index is 0.100. The zero-order valence-corrected chi connectivity index (χ0v) is 11.9. The van der Waals surface area contributed by atoms with Crippen molar-refractivity contribution in [2.75, 3.05) is 12.9 Å². The van der Waals surface area contributed by atoms with Gasteiger partial charge in [-0.15, -0.1) is 0 Å². The van der Waals surface area contributed by atoms with Gasteiger partial charge >= 0.3 is 6.18 Å². The number of rotatable bonds is 3. The maximum Gasteiger partial charge on any atom is 0.440 e. The van der Waals surface area contributed by atoms with Gasteiger partial charge in [0.15, 0.2) is 0 Å². The Morgan fingerprint density at radius 3 is 2.67 bits per heavy atom. The Hall–Kier alpha value is -1.39. The van der Waals surface area contributed by atoms with Crippen LogP contribution < -0.4 is 0 Å². The maximum atomic E-state index is 13.1. The van der Waals surface area contributed by atoms with Crippen molar-refractivity contribution >= 4 is 16.0 Å². The molecule has 0 aromatic carbocycles. The van der Waals surface area contributed by atoms with Gasteiger partial charge in [0.1, 0.15) is 11.9 Å². The summed E-state index contributed by atoms with van der Waals surface area (Å²) in [7, 11) is -3.96. The lowest BCUT2D eigenvalue weighted by Crippen LogP contribution is -2.57. The molecule has 0 saturated heterocycles. The summed E-state index contributed by atoms with van der Waals surface area (Å²) in [6.07, 6.45) is -0.0495. The third kappa shape index (κ3) is 2.83. The second kappa shape index (κ2) is 4.82. The summed E-state index contributed by atoms with van der Waals surface area (Å²) >= 11 is 0. The molecule has 21 heavy (non-hydrogen) atoms. The van der Waals surface area contributed by atoms with Crippen molar-refractivity contribution in [1.82, 2.24) is 4.90 Å². The summed E-state index contributed by atoms with van der Waals surface area (Å²) in [6, 6.07) is -1.72. The van der Waals surface area contributed by atoms with Gasteiger partial charge in [-0.05, 0) is 19.1 Å². The van der Waals surface area contributed by atoms with E-state index in [9.17, 15) is 26.7 Å². The molecule has 2 aliphatic heterocycles. The van der Waals surface area contributed by atoms with Gasteiger partial charge in [-0.3, -0.25) is 4.18 Å². The Morgan fingerprint density at radius 2 is 2.14 bits per heavy atom. The summed E-state index contributed by atoms with van der Waals surface area (Å²) in [4.78, 5) is 4.43. The first-order valence-electron chi connectivity index (χ1n) is 5.83. The average Bonchev–Trinajstić information content (AvgIpc) is 2.59. The average molecular weight is 326 g/mol. The molecule has 1 N–H and O–H groups in total. The molecule has 0 bridgehead atoms. The number of alkyl halides is 3. The van der Waals surface area contributed by atoms with E-state index in [1.807, 2.05) is 0 Å². The smallest absolute Gasteiger partial charge is 0.360 e. The Morgan fingerprint density at radius 1 is 1.52 bits per heavy atom. The van der Waals surface area contributed by atoms with E-state index >= 15 is 0 Å². The molecule has 6 nitrogen and oxygen atoms in total. The van der Waals surface area contributed by atoms with Crippen LogP contribution in [0.25, 0.3) is 0 Å². The van der Waals surface area contributed by atoms with E-state index in [0.29, 0.717) is 5.70 Å². The van der Waals surface area contributed by atoms with E-state index in [1.165, 1.54) is 25.2 Å². The van der Waals surface area contributed by atoms with Crippen molar-refractivity contribution in [3.05, 3.63) is 23.9 Å². The predicted molar refractivity (Wildman–Crippen MR) is 67.8 cm³/mol. The van der Waals surface area contributed by atoms with Gasteiger partial charge in [-0.1, -0.05) is 6.08 Å². The van der Waals surface area contributed by atoms with Crippen LogP contribution in [0.5, 0.6) is 0 Å². The summed E-state index contributed by atoms with van der Waals surface area (Å²) in [5.41, 5.74) is -3.05. The molecule has 0 radical (unpaired) electrons. The lowest BCUT2D eigenvalue weighted by atomic mass is 10.0. The number of hydrogen-bond acceptors (Lipinski definition) is 6. The van der Waals surface area contributed by atoms with Crippen molar-refractivity contribution in [2.45, 2.75) is 24.9 Å². The molecule has 0 spiro atoms. The zero-order valence-electron chi connectivity index (χ0n) is 11.1. The van der Waals surface area contributed by atoms with Crippen LogP contribution in [0.1, 0.15) is 6.92 Å². The van der Waals surface area contributed by atoms with Gasteiger partial charge in [0.2, 0.25) is 0 Å². The molecule has 0 fully saturated rings. The van der Waals surface area contributed by atoms with E-state index < -0.39 is 34.7 Å². The lowest BCUT2D eigenvalue weighted by molar-refractivity contribution is -0.269. The van der Waals surface area contributed by atoms with E-state index in [2.05, 4.69) is 9.18 Å². The highest BCUT2D eigenvalue weighted by Crippen LogP contribution is 2.42. The number of halogens is 3. The van der Waals surface area contributed by atoms with Crippen molar-refractivity contribution in [3.63, 3.8) is 0 Å². The molecule has 2 rings (SSSR count). The third-order valence-corrected chi connectivity index (χ3v) is 3.69. The number of nitrogens with zero attached hydrogens (tertiary/aromatic N) is 2. The fourth-order valence-corrected chi connectivity index (χ4v) is 2.55. The van der Waals surface area contributed by atoms with Gasteiger partial charge < -0.3 is 10.0 Å². The number of hydrogen-bond donors (Lipinski definition) is 1. The Bertz CT molecular complexity index is 638. The van der Waals surface area contributed by atoms with Gasteiger partial charge in [-0.2, -0.15) is 21.6 Å². The molecule has 2 atom stereocenters. The minimum atomic E-state index is -5.07. The largest absolute Gasteiger partial charge is 0.440 e. The minimum Gasteiger partial charge on any atom is -0.360 e. The second-order valence-corrected chi connectivity index (χ2v) is 6.38. The van der Waals surface area contributed by atoms with Crippen LogP contribution in [0.3, 0.4) is 0 Å². The van der Waals surface area contributed by atoms with Crippen LogP contribution in [-0.4, -0.2) is 55.1 Å². The molecule has 0 aliphatic carbocycles. The van der Waals surface area contributed by atoms with Gasteiger partial charge in [0.25, 0.3) is 15.8 Å². The molecule has 0 saturated carbocycles. The van der Waals surface area contributed by atoms with Crippen molar-refractivity contribution < 1.29 is 30.9 Å². The molecular formula is C11H13F3N2O4S. The first-order valence-corrected chi connectivity index (χ1v) is 7.65. The first-order chi connectivity index (χ1) is 9.46. The second-order valence-electron chi connectivity index (χ2n) is 4.74. The zero-order chi connectivity index (χ0) is 16.1. The topological polar surface area (TPSA) is 79.2 Å². The Labute approximate surface area is 119 Å². The van der Waals surface area contributed by atoms with Crippen LogP contribution in [0.4, 0.5) is 13.2 Å². The highest BCUT2D eigenvalue weighted by molar-refractivity contribution is 7.85. The molecule has 0 amide bonds. The molecule has 2 heterocycles. The van der Waals surface area contributed by atoms with Crippen molar-refractivity contribution in [1.29, 1.82) is 0 Å². The standard InChI is InChI=1S/C11H13F3N2O4S/c1-7-4-3-5-9-15-10(17,11(12,13)14)8(16(7)9)6-20-21(2,18)19/h3-5,8,17H,6H2,1-2H3/t8-,10-/m0/s1. The molecule has 0 unspecified atom stereocenters. The van der Waals surface area contributed by atoms with E-state index in [1.54, 1.807) is 0 Å². The van der Waals surface area contributed by atoms with Crippen LogP contribution in [0.15, 0.2) is 28.9 Å². The normalized spacial score (nSPS) is 29.2. The van der Waals surface area contributed by atoms with Crippen molar-refractivity contribution in [2.24, 2.45) is 4.99 Å². The summed E-state index contributed by atoms with van der Waals surface area (Å²) < 4.78 is 65.9. The highest BCUT2D eigenvalue weighted by Gasteiger charge is 2.65. The molecule has 118 valence electrons. The van der Waals surface area contributed by atoms with Crippen LogP contribution in [-0.2, 0) is 14.3 Å². The summed E-state index contributed by atoms with van der Waals surface area (Å²) in [6.45, 7) is 0.648. The Kier molecular flexibility index (Phi) is 3.67. The van der Waals surface area contributed by atoms with Crippen LogP contribution in [0, 0.1) is 0 Å². The van der Waals surface area contributed by atoms with E-state index in [0.717, 1.165) is 11.2 Å². The monoisotopic (exact) mass is 326 g/mol. The lowest BCUT2D eigenvalue weighted by Gasteiger charge is -2.35. The maximum absolute atomic E-state index is 13.1. The first kappa shape index (κ1) is 16.0. The van der Waals surface area contributed by atoms with Crippen molar-refractivity contribution in [3.8, 4) is 0 Å². The number of amidine groups is 1. The van der Waals surface area contributed by atoms with Crippen LogP contribution >= 0.6 is 0 Å². The van der Waals surface area contributed by atoms with E-state index in [4.69, 9.17) is 0 Å². The number of aliphatic hydroxyl groups is 1. The summed E-state index contributed by atoms with van der Waals surface area (Å²) in [5.74, 6) is -0.100.